The van der Waals surface area contributed by atoms with Gasteiger partial charge in [0.25, 0.3) is 0 Å². The lowest BCUT2D eigenvalue weighted by Gasteiger charge is -2.12. The van der Waals surface area contributed by atoms with E-state index in [-0.39, 0.29) is 18.7 Å². The Bertz CT molecular complexity index is 197. The summed E-state index contributed by atoms with van der Waals surface area (Å²) in [4.78, 5) is 10.9. The van der Waals surface area contributed by atoms with E-state index in [4.69, 9.17) is 4.74 Å². The number of aliphatic hydroxyl groups is 1. The lowest BCUT2D eigenvalue weighted by Crippen LogP contribution is -2.15. The fourth-order valence-corrected chi connectivity index (χ4v) is 1.07. The first-order valence-electron chi connectivity index (χ1n) is 4.94. The first-order chi connectivity index (χ1) is 6.43. The Hall–Kier alpha value is -0.830. The molecule has 0 aliphatic heterocycles. The standard InChI is InChI=1S/C11H20O3/c1-8(2)7-10(12)5-6-14-11(13)9(3)4/h8,10,12H,3,5-7H2,1-2,4H3. The fourth-order valence-electron chi connectivity index (χ4n) is 1.07. The molecule has 3 heteroatoms. The van der Waals surface area contributed by atoms with Gasteiger partial charge in [0.15, 0.2) is 0 Å². The van der Waals surface area contributed by atoms with Gasteiger partial charge in [-0.05, 0) is 19.3 Å². The van der Waals surface area contributed by atoms with Crippen LogP contribution in [0.5, 0.6) is 0 Å². The second-order valence-electron chi connectivity index (χ2n) is 3.99. The SMILES string of the molecule is C=C(C)C(=O)OCCC(O)CC(C)C. The highest BCUT2D eigenvalue weighted by molar-refractivity contribution is 5.86. The number of carbonyl (C=O) groups excluding carboxylic acids is 1. The highest BCUT2D eigenvalue weighted by atomic mass is 16.5. The van der Waals surface area contributed by atoms with Crippen molar-refractivity contribution in [3.8, 4) is 0 Å². The average Bonchev–Trinajstić information content (AvgIpc) is 2.02. The van der Waals surface area contributed by atoms with Crippen LogP contribution in [0.4, 0.5) is 0 Å². The van der Waals surface area contributed by atoms with Gasteiger partial charge in [-0.3, -0.25) is 0 Å². The molecule has 82 valence electrons. The number of rotatable bonds is 6. The van der Waals surface area contributed by atoms with Gasteiger partial charge in [0.2, 0.25) is 0 Å². The van der Waals surface area contributed by atoms with E-state index < -0.39 is 0 Å². The largest absolute Gasteiger partial charge is 0.462 e. The van der Waals surface area contributed by atoms with Crippen LogP contribution in [0.2, 0.25) is 0 Å². The van der Waals surface area contributed by atoms with Crippen molar-refractivity contribution in [2.75, 3.05) is 6.61 Å². The summed E-state index contributed by atoms with van der Waals surface area (Å²) in [5.74, 6) is 0.0728. The quantitative estimate of drug-likeness (QED) is 0.526. The molecule has 0 aromatic heterocycles. The van der Waals surface area contributed by atoms with E-state index in [0.717, 1.165) is 6.42 Å². The molecule has 0 rings (SSSR count). The maximum Gasteiger partial charge on any atom is 0.333 e. The summed E-state index contributed by atoms with van der Waals surface area (Å²) >= 11 is 0. The third-order valence-corrected chi connectivity index (χ3v) is 1.78. The van der Waals surface area contributed by atoms with Crippen molar-refractivity contribution in [2.45, 2.75) is 39.7 Å². The van der Waals surface area contributed by atoms with Crippen molar-refractivity contribution in [2.24, 2.45) is 5.92 Å². The monoisotopic (exact) mass is 200 g/mol. The van der Waals surface area contributed by atoms with E-state index in [1.807, 2.05) is 13.8 Å². The minimum absolute atomic E-state index is 0.263. The molecule has 0 spiro atoms. The van der Waals surface area contributed by atoms with E-state index in [9.17, 15) is 9.90 Å². The van der Waals surface area contributed by atoms with Gasteiger partial charge in [-0.15, -0.1) is 0 Å². The third-order valence-electron chi connectivity index (χ3n) is 1.78. The van der Waals surface area contributed by atoms with Gasteiger partial charge >= 0.3 is 5.97 Å². The number of hydrogen-bond donors (Lipinski definition) is 1. The molecule has 14 heavy (non-hydrogen) atoms. The molecule has 0 aliphatic carbocycles. The third kappa shape index (κ3) is 6.66. The average molecular weight is 200 g/mol. The first-order valence-corrected chi connectivity index (χ1v) is 4.94. The molecular weight excluding hydrogens is 180 g/mol. The Morgan fingerprint density at radius 3 is 2.50 bits per heavy atom. The van der Waals surface area contributed by atoms with E-state index in [2.05, 4.69) is 6.58 Å². The molecule has 0 aromatic carbocycles. The molecule has 3 nitrogen and oxygen atoms in total. The van der Waals surface area contributed by atoms with Gasteiger partial charge in [0.1, 0.15) is 0 Å². The Morgan fingerprint density at radius 2 is 2.07 bits per heavy atom. The van der Waals surface area contributed by atoms with Crippen molar-refractivity contribution >= 4 is 5.97 Å². The Morgan fingerprint density at radius 1 is 1.50 bits per heavy atom. The predicted molar refractivity (Wildman–Crippen MR) is 55.9 cm³/mol. The summed E-state index contributed by atoms with van der Waals surface area (Å²) < 4.78 is 4.86. The molecule has 0 amide bonds. The molecule has 0 saturated carbocycles. The molecule has 1 N–H and O–H groups in total. The van der Waals surface area contributed by atoms with Crippen molar-refractivity contribution in [1.82, 2.24) is 0 Å². The van der Waals surface area contributed by atoms with Crippen LogP contribution in [-0.4, -0.2) is 23.8 Å². The van der Waals surface area contributed by atoms with Gasteiger partial charge in [-0.2, -0.15) is 0 Å². The zero-order chi connectivity index (χ0) is 11.1. The lowest BCUT2D eigenvalue weighted by molar-refractivity contribution is -0.139. The molecule has 1 unspecified atom stereocenters. The molecule has 1 atom stereocenters. The number of aliphatic hydroxyl groups excluding tert-OH is 1. The number of esters is 1. The second-order valence-corrected chi connectivity index (χ2v) is 3.99. The maximum absolute atomic E-state index is 10.9. The van der Waals surface area contributed by atoms with Crippen LogP contribution in [0.25, 0.3) is 0 Å². The van der Waals surface area contributed by atoms with Crippen LogP contribution in [0.15, 0.2) is 12.2 Å². The Labute approximate surface area is 85.8 Å². The van der Waals surface area contributed by atoms with Crippen molar-refractivity contribution in [1.29, 1.82) is 0 Å². The van der Waals surface area contributed by atoms with E-state index in [1.54, 1.807) is 6.92 Å². The first kappa shape index (κ1) is 13.2. The van der Waals surface area contributed by atoms with Crippen molar-refractivity contribution in [3.05, 3.63) is 12.2 Å². The van der Waals surface area contributed by atoms with Crippen LogP contribution < -0.4 is 0 Å². The number of carbonyl (C=O) groups is 1. The zero-order valence-corrected chi connectivity index (χ0v) is 9.25. The van der Waals surface area contributed by atoms with Crippen molar-refractivity contribution in [3.63, 3.8) is 0 Å². The summed E-state index contributed by atoms with van der Waals surface area (Å²) in [5.41, 5.74) is 0.392. The number of hydrogen-bond acceptors (Lipinski definition) is 3. The van der Waals surface area contributed by atoms with Crippen molar-refractivity contribution < 1.29 is 14.6 Å². The van der Waals surface area contributed by atoms with Crippen LogP contribution in [0, 0.1) is 5.92 Å². The molecular formula is C11H20O3. The topological polar surface area (TPSA) is 46.5 Å². The molecule has 0 fully saturated rings. The fraction of sp³-hybridized carbons (Fsp3) is 0.727. The smallest absolute Gasteiger partial charge is 0.333 e. The van der Waals surface area contributed by atoms with E-state index >= 15 is 0 Å². The number of ether oxygens (including phenoxy) is 1. The molecule has 0 radical (unpaired) electrons. The Balaban J connectivity index is 3.54. The summed E-state index contributed by atoms with van der Waals surface area (Å²) in [6.45, 7) is 9.42. The van der Waals surface area contributed by atoms with Crippen LogP contribution >= 0.6 is 0 Å². The predicted octanol–water partition coefficient (Wildman–Crippen LogP) is 1.90. The van der Waals surface area contributed by atoms with Crippen LogP contribution in [0.3, 0.4) is 0 Å². The summed E-state index contributed by atoms with van der Waals surface area (Å²) in [5, 5.41) is 9.46. The minimum atomic E-state index is -0.387. The summed E-state index contributed by atoms with van der Waals surface area (Å²) in [7, 11) is 0. The zero-order valence-electron chi connectivity index (χ0n) is 9.25. The van der Waals surface area contributed by atoms with Crippen LogP contribution in [0.1, 0.15) is 33.6 Å². The van der Waals surface area contributed by atoms with E-state index in [0.29, 0.717) is 17.9 Å². The van der Waals surface area contributed by atoms with Crippen LogP contribution in [-0.2, 0) is 9.53 Å². The second kappa shape index (κ2) is 6.60. The van der Waals surface area contributed by atoms with E-state index in [1.165, 1.54) is 0 Å². The highest BCUT2D eigenvalue weighted by Crippen LogP contribution is 2.07. The summed E-state index contributed by atoms with van der Waals surface area (Å²) in [6, 6.07) is 0. The normalized spacial score (nSPS) is 12.6. The Kier molecular flexibility index (Phi) is 6.21. The molecule has 0 aliphatic rings. The van der Waals surface area contributed by atoms with Gasteiger partial charge in [-0.1, -0.05) is 20.4 Å². The maximum atomic E-state index is 10.9. The van der Waals surface area contributed by atoms with Gasteiger partial charge in [-0.25, -0.2) is 4.79 Å². The molecule has 0 saturated heterocycles. The molecule has 0 heterocycles. The minimum Gasteiger partial charge on any atom is -0.462 e. The highest BCUT2D eigenvalue weighted by Gasteiger charge is 2.08. The van der Waals surface area contributed by atoms with Gasteiger partial charge in [0.05, 0.1) is 12.7 Å². The lowest BCUT2D eigenvalue weighted by atomic mass is 10.0. The van der Waals surface area contributed by atoms with Gasteiger partial charge < -0.3 is 9.84 Å². The molecule has 0 aromatic rings. The van der Waals surface area contributed by atoms with Gasteiger partial charge in [0, 0.05) is 12.0 Å². The summed E-state index contributed by atoms with van der Waals surface area (Å²) in [6.07, 6.45) is 0.856. The molecule has 0 bridgehead atoms.